The molecule has 0 saturated heterocycles. The molecule has 8 heteroatoms. The van der Waals surface area contributed by atoms with Crippen molar-refractivity contribution in [3.8, 4) is 17.1 Å². The average molecular weight is 422 g/mol. The van der Waals surface area contributed by atoms with Crippen LogP contribution in [0.15, 0.2) is 29.1 Å². The minimum atomic E-state index is -1.47. The molecule has 8 nitrogen and oxygen atoms in total. The summed E-state index contributed by atoms with van der Waals surface area (Å²) < 4.78 is 12.1. The number of carbonyl (C=O) groups is 1. The van der Waals surface area contributed by atoms with Crippen LogP contribution in [-0.2, 0) is 29.1 Å². The third kappa shape index (κ3) is 2.94. The maximum atomic E-state index is 13.1. The van der Waals surface area contributed by atoms with Crippen LogP contribution in [0.4, 0.5) is 0 Å². The summed E-state index contributed by atoms with van der Waals surface area (Å²) in [5.74, 6) is 0.0334. The number of carbonyl (C=O) groups excluding carboxylic acids is 1. The number of aliphatic hydroxyl groups is 2. The predicted octanol–water partition coefficient (Wildman–Crippen LogP) is 1.69. The van der Waals surface area contributed by atoms with Crippen molar-refractivity contribution in [3.63, 3.8) is 0 Å². The smallest absolute Gasteiger partial charge is 0.340 e. The van der Waals surface area contributed by atoms with Gasteiger partial charge in [0.05, 0.1) is 36.1 Å². The molecule has 2 aliphatic heterocycles. The van der Waals surface area contributed by atoms with Gasteiger partial charge in [0.25, 0.3) is 5.56 Å². The number of cyclic esters (lactones) is 1. The molecule has 2 N–H and O–H groups in total. The Morgan fingerprint density at radius 1 is 1.32 bits per heavy atom. The fourth-order valence-electron chi connectivity index (χ4n) is 4.45. The highest BCUT2D eigenvalue weighted by Gasteiger charge is 2.33. The van der Waals surface area contributed by atoms with E-state index in [2.05, 4.69) is 0 Å². The lowest BCUT2D eigenvalue weighted by atomic mass is 9.95. The predicted molar refractivity (Wildman–Crippen MR) is 112 cm³/mol. The van der Waals surface area contributed by atoms with Crippen LogP contribution >= 0.6 is 0 Å². The van der Waals surface area contributed by atoms with Crippen LogP contribution in [0.25, 0.3) is 22.3 Å². The molecule has 0 saturated carbocycles. The van der Waals surface area contributed by atoms with Gasteiger partial charge in [-0.1, -0.05) is 6.92 Å². The highest BCUT2D eigenvalue weighted by molar-refractivity contribution is 5.89. The molecular formula is C23H22N2O6. The van der Waals surface area contributed by atoms with Gasteiger partial charge in [0, 0.05) is 28.7 Å². The third-order valence-electron chi connectivity index (χ3n) is 6.11. The second-order valence-electron chi connectivity index (χ2n) is 8.17. The number of methoxy groups -OCH3 is 1. The van der Waals surface area contributed by atoms with Crippen LogP contribution in [0.3, 0.4) is 0 Å². The van der Waals surface area contributed by atoms with Gasteiger partial charge in [-0.05, 0) is 36.6 Å². The van der Waals surface area contributed by atoms with Gasteiger partial charge in [0.1, 0.15) is 12.4 Å². The van der Waals surface area contributed by atoms with Gasteiger partial charge in [-0.25, -0.2) is 9.78 Å². The number of pyridine rings is 2. The first-order valence-electron chi connectivity index (χ1n) is 10.1. The summed E-state index contributed by atoms with van der Waals surface area (Å²) in [4.78, 5) is 29.7. The van der Waals surface area contributed by atoms with E-state index in [1.807, 2.05) is 25.1 Å². The monoisotopic (exact) mass is 422 g/mol. The lowest BCUT2D eigenvalue weighted by molar-refractivity contribution is -0.157. The SMILES string of the molecule is COc1ccc2nc3c(cc2c1CC(C)CO)Cn1c-3cc2c(c1=O)COC(=O)[C@H]2O. The largest absolute Gasteiger partial charge is 0.496 e. The highest BCUT2D eigenvalue weighted by atomic mass is 16.5. The quantitative estimate of drug-likeness (QED) is 0.482. The van der Waals surface area contributed by atoms with Crippen molar-refractivity contribution in [2.24, 2.45) is 5.92 Å². The summed E-state index contributed by atoms with van der Waals surface area (Å²) in [6.45, 7) is 2.23. The molecule has 0 amide bonds. The van der Waals surface area contributed by atoms with Crippen LogP contribution in [0.2, 0.25) is 0 Å². The molecule has 0 bridgehead atoms. The Kier molecular flexibility index (Phi) is 4.56. The summed E-state index contributed by atoms with van der Waals surface area (Å²) in [6.07, 6.45) is -0.840. The Morgan fingerprint density at radius 3 is 2.87 bits per heavy atom. The van der Waals surface area contributed by atoms with Gasteiger partial charge < -0.3 is 24.3 Å². The van der Waals surface area contributed by atoms with Crippen molar-refractivity contribution in [2.75, 3.05) is 13.7 Å². The number of benzene rings is 1. The second-order valence-corrected chi connectivity index (χ2v) is 8.17. The minimum absolute atomic E-state index is 0.0540. The summed E-state index contributed by atoms with van der Waals surface area (Å²) in [6, 6.07) is 7.41. The Balaban J connectivity index is 1.71. The molecule has 0 aliphatic carbocycles. The Morgan fingerprint density at radius 2 is 2.13 bits per heavy atom. The van der Waals surface area contributed by atoms with E-state index in [4.69, 9.17) is 14.5 Å². The van der Waals surface area contributed by atoms with Crippen molar-refractivity contribution in [3.05, 3.63) is 56.9 Å². The van der Waals surface area contributed by atoms with Gasteiger partial charge in [-0.3, -0.25) is 4.79 Å². The number of ether oxygens (including phenoxy) is 2. The zero-order chi connectivity index (χ0) is 21.9. The first-order chi connectivity index (χ1) is 14.9. The van der Waals surface area contributed by atoms with Crippen LogP contribution < -0.4 is 10.3 Å². The zero-order valence-corrected chi connectivity index (χ0v) is 17.2. The van der Waals surface area contributed by atoms with Gasteiger partial charge in [0.15, 0.2) is 6.10 Å². The molecule has 160 valence electrons. The molecular weight excluding hydrogens is 400 g/mol. The Hall–Kier alpha value is -3.23. The van der Waals surface area contributed by atoms with E-state index in [1.165, 1.54) is 0 Å². The molecule has 3 aromatic rings. The van der Waals surface area contributed by atoms with Gasteiger partial charge >= 0.3 is 5.97 Å². The maximum Gasteiger partial charge on any atom is 0.340 e. The van der Waals surface area contributed by atoms with Gasteiger partial charge in [-0.15, -0.1) is 0 Å². The van der Waals surface area contributed by atoms with Crippen LogP contribution in [0.1, 0.15) is 35.3 Å². The topological polar surface area (TPSA) is 111 Å². The van der Waals surface area contributed by atoms with E-state index < -0.39 is 12.1 Å². The molecule has 31 heavy (non-hydrogen) atoms. The molecule has 5 rings (SSSR count). The molecule has 2 aromatic heterocycles. The summed E-state index contributed by atoms with van der Waals surface area (Å²) in [7, 11) is 1.61. The molecule has 0 spiro atoms. The maximum absolute atomic E-state index is 13.1. The number of rotatable bonds is 4. The number of aliphatic hydroxyl groups excluding tert-OH is 2. The van der Waals surface area contributed by atoms with Crippen LogP contribution in [0.5, 0.6) is 5.75 Å². The Bertz CT molecular complexity index is 1300. The highest BCUT2D eigenvalue weighted by Crippen LogP contribution is 2.37. The fourth-order valence-corrected chi connectivity index (χ4v) is 4.45. The van der Waals surface area contributed by atoms with Crippen molar-refractivity contribution in [1.29, 1.82) is 0 Å². The third-order valence-corrected chi connectivity index (χ3v) is 6.11. The first-order valence-corrected chi connectivity index (χ1v) is 10.1. The molecule has 4 heterocycles. The summed E-state index contributed by atoms with van der Waals surface area (Å²) in [5, 5.41) is 20.7. The van der Waals surface area contributed by atoms with E-state index in [9.17, 15) is 19.8 Å². The van der Waals surface area contributed by atoms with Crippen LogP contribution in [0, 0.1) is 5.92 Å². The van der Waals surface area contributed by atoms with Crippen LogP contribution in [-0.4, -0.2) is 39.5 Å². The first kappa shape index (κ1) is 19.7. The number of hydrogen-bond donors (Lipinski definition) is 2. The van der Waals surface area contributed by atoms with Crippen molar-refractivity contribution in [2.45, 2.75) is 32.6 Å². The molecule has 1 aromatic carbocycles. The average Bonchev–Trinajstić information content (AvgIpc) is 3.13. The van der Waals surface area contributed by atoms with E-state index in [0.717, 1.165) is 27.8 Å². The number of nitrogens with zero attached hydrogens (tertiary/aromatic N) is 2. The summed E-state index contributed by atoms with van der Waals surface area (Å²) >= 11 is 0. The molecule has 2 aliphatic rings. The van der Waals surface area contributed by atoms with E-state index in [-0.39, 0.29) is 30.3 Å². The number of esters is 1. The van der Waals surface area contributed by atoms with E-state index in [0.29, 0.717) is 29.9 Å². The molecule has 0 fully saturated rings. The fraction of sp³-hybridized carbons (Fsp3) is 0.348. The number of aromatic nitrogens is 2. The second kappa shape index (κ2) is 7.18. The molecule has 0 radical (unpaired) electrons. The van der Waals surface area contributed by atoms with Crippen molar-refractivity contribution < 1.29 is 24.5 Å². The number of fused-ring (bicyclic) bond motifs is 5. The van der Waals surface area contributed by atoms with E-state index in [1.54, 1.807) is 17.7 Å². The number of hydrogen-bond acceptors (Lipinski definition) is 7. The van der Waals surface area contributed by atoms with E-state index >= 15 is 0 Å². The lowest BCUT2D eigenvalue weighted by Gasteiger charge is -2.21. The lowest BCUT2D eigenvalue weighted by Crippen LogP contribution is -2.32. The normalized spacial score (nSPS) is 17.7. The minimum Gasteiger partial charge on any atom is -0.496 e. The molecule has 1 unspecified atom stereocenters. The van der Waals surface area contributed by atoms with Crippen molar-refractivity contribution >= 4 is 16.9 Å². The standard InChI is InChI=1S/C23H22N2O6/c1-11(9-26)5-14-13-6-12-8-25-18(20(12)24-17(13)3-4-19(14)30-2)7-15-16(22(25)28)10-31-23(29)21(15)27/h3-4,6-7,11,21,26-27H,5,8-10H2,1-2H3/t11?,21-/m0/s1. The van der Waals surface area contributed by atoms with Gasteiger partial charge in [0.2, 0.25) is 0 Å². The summed E-state index contributed by atoms with van der Waals surface area (Å²) in [5.41, 5.74) is 4.13. The van der Waals surface area contributed by atoms with Crippen molar-refractivity contribution in [1.82, 2.24) is 9.55 Å². The molecule has 2 atom stereocenters. The Labute approximate surface area is 177 Å². The zero-order valence-electron chi connectivity index (χ0n) is 17.2. The van der Waals surface area contributed by atoms with Gasteiger partial charge in [-0.2, -0.15) is 0 Å².